The molecule has 0 fully saturated rings. The summed E-state index contributed by atoms with van der Waals surface area (Å²) < 4.78 is 4.65. The summed E-state index contributed by atoms with van der Waals surface area (Å²) in [4.78, 5) is 0. The highest BCUT2D eigenvalue weighted by Crippen LogP contribution is 1.68. The minimum atomic E-state index is 0.605. The number of hydrogen-bond acceptors (Lipinski definition) is 2. The smallest absolute Gasteiger partial charge is 0.0506 e. The van der Waals surface area contributed by atoms with Crippen molar-refractivity contribution in [2.24, 2.45) is 5.73 Å². The molecule has 2 N–H and O–H groups in total. The van der Waals surface area contributed by atoms with Gasteiger partial charge in [0.1, 0.15) is 0 Å². The maximum atomic E-state index is 5.08. The van der Waals surface area contributed by atoms with Gasteiger partial charge in [-0.2, -0.15) is 0 Å². The number of nitrogens with two attached hydrogens (primary N) is 1. The van der Waals surface area contributed by atoms with Crippen molar-refractivity contribution in [2.45, 2.75) is 0 Å². The van der Waals surface area contributed by atoms with E-state index in [4.69, 9.17) is 5.73 Å². The molecule has 0 bridgehead atoms. The lowest BCUT2D eigenvalue weighted by Gasteiger charge is -1.89. The number of hydrogen-bond donors (Lipinski definition) is 1. The Labute approximate surface area is 38.3 Å². The second-order valence-electron chi connectivity index (χ2n) is 0.980. The minimum Gasteiger partial charge on any atom is -0.384 e. The van der Waals surface area contributed by atoms with Crippen LogP contribution in [0.2, 0.25) is 0 Å². The molecule has 2 nitrogen and oxygen atoms in total. The summed E-state index contributed by atoms with van der Waals surface area (Å²) >= 11 is 0. The molecule has 0 atom stereocenters. The van der Waals surface area contributed by atoms with Crippen LogP contribution in [0.15, 0.2) is 0 Å². The van der Waals surface area contributed by atoms with Crippen LogP contribution in [0.1, 0.15) is 0 Å². The summed E-state index contributed by atoms with van der Waals surface area (Å²) in [5.74, 6) is 0. The third-order valence-corrected chi connectivity index (χ3v) is 0.451. The number of methoxy groups -OCH3 is 1. The Bertz CT molecular complexity index is 19.5. The van der Waals surface area contributed by atoms with E-state index >= 15 is 0 Å². The first-order valence-corrected chi connectivity index (χ1v) is 1.92. The Hall–Kier alpha value is -0.0800. The zero-order chi connectivity index (χ0) is 4.83. The third kappa shape index (κ3) is 3.92. The summed E-state index contributed by atoms with van der Waals surface area (Å²) in [7, 11) is 1.64. The number of rotatable bonds is 3. The van der Waals surface area contributed by atoms with Gasteiger partial charge in [-0.05, 0) is 6.54 Å². The van der Waals surface area contributed by atoms with Crippen molar-refractivity contribution in [3.05, 3.63) is 6.42 Å². The van der Waals surface area contributed by atoms with E-state index in [0.717, 1.165) is 0 Å². The molecule has 0 aromatic rings. The largest absolute Gasteiger partial charge is 0.384 e. The number of ether oxygens (including phenoxy) is 1. The van der Waals surface area contributed by atoms with Gasteiger partial charge < -0.3 is 10.5 Å². The molecule has 0 aromatic heterocycles. The van der Waals surface area contributed by atoms with Gasteiger partial charge in [-0.25, -0.2) is 0 Å². The van der Waals surface area contributed by atoms with Crippen LogP contribution >= 0.6 is 0 Å². The molecule has 0 amide bonds. The lowest BCUT2D eigenvalue weighted by atomic mass is 10.5. The van der Waals surface area contributed by atoms with Gasteiger partial charge in [0, 0.05) is 13.5 Å². The van der Waals surface area contributed by atoms with Crippen LogP contribution in [-0.4, -0.2) is 20.3 Å². The van der Waals surface area contributed by atoms with Crippen LogP contribution in [0.25, 0.3) is 0 Å². The molecule has 0 unspecified atom stereocenters. The predicted octanol–water partition coefficient (Wildman–Crippen LogP) is -0.204. The Kier molecular flexibility index (Phi) is 4.85. The minimum absolute atomic E-state index is 0.605. The molecule has 0 aromatic carbocycles. The van der Waals surface area contributed by atoms with Crippen LogP contribution in [0.4, 0.5) is 0 Å². The van der Waals surface area contributed by atoms with Gasteiger partial charge in [-0.3, -0.25) is 0 Å². The second-order valence-corrected chi connectivity index (χ2v) is 0.980. The molecule has 0 saturated heterocycles. The topological polar surface area (TPSA) is 35.2 Å². The normalized spacial score (nSPS) is 9.00. The van der Waals surface area contributed by atoms with E-state index in [0.29, 0.717) is 13.2 Å². The lowest BCUT2D eigenvalue weighted by Crippen LogP contribution is -2.02. The van der Waals surface area contributed by atoms with E-state index < -0.39 is 0 Å². The van der Waals surface area contributed by atoms with Gasteiger partial charge in [0.15, 0.2) is 0 Å². The molecule has 1 radical (unpaired) electrons. The Morgan fingerprint density at radius 1 is 1.83 bits per heavy atom. The van der Waals surface area contributed by atoms with E-state index in [1.807, 2.05) is 6.42 Å². The summed E-state index contributed by atoms with van der Waals surface area (Å²) in [5.41, 5.74) is 5.08. The summed E-state index contributed by atoms with van der Waals surface area (Å²) in [6.07, 6.45) is 1.86. The van der Waals surface area contributed by atoms with E-state index in [9.17, 15) is 0 Å². The van der Waals surface area contributed by atoms with Gasteiger partial charge in [0.25, 0.3) is 0 Å². The molecular formula is C4H10NO. The fourth-order valence-corrected chi connectivity index (χ4v) is 0.186. The van der Waals surface area contributed by atoms with Crippen LogP contribution in [0, 0.1) is 6.42 Å². The van der Waals surface area contributed by atoms with E-state index in [1.165, 1.54) is 0 Å². The Morgan fingerprint density at radius 3 is 2.67 bits per heavy atom. The molecule has 0 heterocycles. The average molecular weight is 88.1 g/mol. The zero-order valence-corrected chi connectivity index (χ0v) is 3.98. The molecule has 0 aliphatic carbocycles. The fourth-order valence-electron chi connectivity index (χ4n) is 0.186. The van der Waals surface area contributed by atoms with Crippen molar-refractivity contribution in [1.82, 2.24) is 0 Å². The molecule has 0 aliphatic heterocycles. The van der Waals surface area contributed by atoms with E-state index in [1.54, 1.807) is 7.11 Å². The summed E-state index contributed by atoms with van der Waals surface area (Å²) in [6, 6.07) is 0. The van der Waals surface area contributed by atoms with Crippen molar-refractivity contribution >= 4 is 0 Å². The van der Waals surface area contributed by atoms with E-state index in [-0.39, 0.29) is 0 Å². The van der Waals surface area contributed by atoms with Gasteiger partial charge in [-0.1, -0.05) is 0 Å². The average Bonchev–Trinajstić information content (AvgIpc) is 1.61. The molecule has 0 rings (SSSR count). The van der Waals surface area contributed by atoms with Crippen molar-refractivity contribution in [2.75, 3.05) is 20.3 Å². The Balaban J connectivity index is 2.34. The molecular weight excluding hydrogens is 78.0 g/mol. The fraction of sp³-hybridized carbons (Fsp3) is 0.750. The maximum Gasteiger partial charge on any atom is 0.0506 e. The van der Waals surface area contributed by atoms with Crippen LogP contribution in [-0.2, 0) is 4.74 Å². The predicted molar refractivity (Wildman–Crippen MR) is 25.2 cm³/mol. The van der Waals surface area contributed by atoms with Crippen LogP contribution < -0.4 is 5.73 Å². The summed E-state index contributed by atoms with van der Waals surface area (Å²) in [6.45, 7) is 1.27. The highest BCUT2D eigenvalue weighted by molar-refractivity contribution is 4.61. The molecule has 37 valence electrons. The quantitative estimate of drug-likeness (QED) is 0.485. The highest BCUT2D eigenvalue weighted by atomic mass is 16.5. The van der Waals surface area contributed by atoms with Gasteiger partial charge in [-0.15, -0.1) is 0 Å². The van der Waals surface area contributed by atoms with E-state index in [2.05, 4.69) is 4.74 Å². The second kappa shape index (κ2) is 4.92. The maximum absolute atomic E-state index is 5.08. The van der Waals surface area contributed by atoms with Gasteiger partial charge in [0.2, 0.25) is 0 Å². The zero-order valence-electron chi connectivity index (χ0n) is 3.98. The first-order valence-electron chi connectivity index (χ1n) is 1.92. The molecule has 6 heavy (non-hydrogen) atoms. The Morgan fingerprint density at radius 2 is 2.50 bits per heavy atom. The van der Waals surface area contributed by atoms with Crippen LogP contribution in [0.3, 0.4) is 0 Å². The van der Waals surface area contributed by atoms with Gasteiger partial charge >= 0.3 is 0 Å². The first-order chi connectivity index (χ1) is 2.91. The standard InChI is InChI=1S/C4H10NO/c1-6-4-2-3-5/h2H,3-5H2,1H3. The van der Waals surface area contributed by atoms with Crippen molar-refractivity contribution in [3.63, 3.8) is 0 Å². The molecule has 2 heteroatoms. The van der Waals surface area contributed by atoms with Crippen molar-refractivity contribution in [3.8, 4) is 0 Å². The first kappa shape index (κ1) is 5.92. The monoisotopic (exact) mass is 88.1 g/mol. The van der Waals surface area contributed by atoms with Crippen LogP contribution in [0.5, 0.6) is 0 Å². The molecule has 0 aliphatic rings. The third-order valence-electron chi connectivity index (χ3n) is 0.451. The SMILES string of the molecule is COC[CH]CN. The van der Waals surface area contributed by atoms with Crippen molar-refractivity contribution in [1.29, 1.82) is 0 Å². The lowest BCUT2D eigenvalue weighted by molar-refractivity contribution is 0.222. The van der Waals surface area contributed by atoms with Gasteiger partial charge in [0.05, 0.1) is 6.61 Å². The molecule has 0 saturated carbocycles. The molecule has 0 spiro atoms. The highest BCUT2D eigenvalue weighted by Gasteiger charge is 1.75. The van der Waals surface area contributed by atoms with Crippen molar-refractivity contribution < 1.29 is 4.74 Å². The summed E-state index contributed by atoms with van der Waals surface area (Å²) in [5, 5.41) is 0.